The van der Waals surface area contributed by atoms with Crippen LogP contribution in [0.4, 0.5) is 11.5 Å². The maximum Gasteiger partial charge on any atom is 0.320 e. The molecule has 1 unspecified atom stereocenters. The zero-order valence-electron chi connectivity index (χ0n) is 33.6. The number of fused-ring (bicyclic) bond motifs is 2. The van der Waals surface area contributed by atoms with Crippen molar-refractivity contribution in [2.75, 3.05) is 89.4 Å². The van der Waals surface area contributed by atoms with Gasteiger partial charge in [-0.2, -0.15) is 9.97 Å². The van der Waals surface area contributed by atoms with Crippen molar-refractivity contribution in [3.8, 4) is 11.8 Å². The Balaban J connectivity index is 0.996. The van der Waals surface area contributed by atoms with Crippen molar-refractivity contribution in [1.29, 1.82) is 0 Å². The molecule has 0 spiro atoms. The number of anilines is 2. The molecule has 4 heterocycles. The SMILES string of the molecule is CN(C)C(=O)CN1CCC(COc2nc3c(c(N4CCN(CC(=O)OCc5ccccc5)CC4)n2)CCN(c2cc(OCc4ccccc4)cc4ccccc24)C3)C1. The van der Waals surface area contributed by atoms with E-state index in [2.05, 4.69) is 68.1 Å². The summed E-state index contributed by atoms with van der Waals surface area (Å²) in [5, 5.41) is 2.29. The Morgan fingerprint density at radius 3 is 2.22 bits per heavy atom. The van der Waals surface area contributed by atoms with E-state index >= 15 is 0 Å². The molecule has 0 radical (unpaired) electrons. The second-order valence-corrected chi connectivity index (χ2v) is 15.8. The molecular formula is C46H53N7O5. The maximum atomic E-state index is 12.8. The van der Waals surface area contributed by atoms with Gasteiger partial charge in [-0.15, -0.1) is 0 Å². The number of hydrogen-bond donors (Lipinski definition) is 0. The van der Waals surface area contributed by atoms with Gasteiger partial charge in [0.05, 0.1) is 31.9 Å². The molecule has 12 heteroatoms. The molecule has 1 amide bonds. The molecule has 0 aliphatic carbocycles. The zero-order chi connectivity index (χ0) is 39.8. The van der Waals surface area contributed by atoms with E-state index in [-0.39, 0.29) is 30.9 Å². The first-order valence-corrected chi connectivity index (χ1v) is 20.4. The zero-order valence-corrected chi connectivity index (χ0v) is 33.6. The minimum Gasteiger partial charge on any atom is -0.489 e. The number of carbonyl (C=O) groups excluding carboxylic acids is 2. The van der Waals surface area contributed by atoms with Crippen molar-refractivity contribution in [2.24, 2.45) is 5.92 Å². The fourth-order valence-corrected chi connectivity index (χ4v) is 8.07. The molecule has 4 aromatic carbocycles. The average molecular weight is 784 g/mol. The van der Waals surface area contributed by atoms with Crippen LogP contribution in [0.25, 0.3) is 10.8 Å². The molecule has 3 aliphatic heterocycles. The Bertz CT molecular complexity index is 2180. The maximum absolute atomic E-state index is 12.8. The van der Waals surface area contributed by atoms with Gasteiger partial charge in [0.15, 0.2) is 0 Å². The van der Waals surface area contributed by atoms with E-state index in [0.717, 1.165) is 90.6 Å². The van der Waals surface area contributed by atoms with Crippen LogP contribution in [-0.4, -0.2) is 116 Å². The van der Waals surface area contributed by atoms with Gasteiger partial charge in [-0.3, -0.25) is 19.4 Å². The second kappa shape index (κ2) is 18.3. The Labute approximate surface area is 340 Å². The quantitative estimate of drug-likeness (QED) is 0.135. The van der Waals surface area contributed by atoms with E-state index in [0.29, 0.717) is 45.4 Å². The largest absolute Gasteiger partial charge is 0.489 e. The highest BCUT2D eigenvalue weighted by atomic mass is 16.5. The number of hydrogen-bond acceptors (Lipinski definition) is 11. The van der Waals surface area contributed by atoms with Crippen molar-refractivity contribution in [2.45, 2.75) is 32.6 Å². The standard InChI is InChI=1S/C46H53N7O5/c1-49(2)43(54)29-51-19-17-36(27-51)33-58-46-47-41-28-53(42-26-38(25-37-15-9-10-16-39(37)42)56-31-34-11-5-3-6-12-34)20-18-40(41)45(48-46)52-23-21-50(22-24-52)30-44(55)57-32-35-13-7-4-8-14-35/h3-16,25-26,36H,17-24,27-33H2,1-2H3. The number of amides is 1. The van der Waals surface area contributed by atoms with Crippen LogP contribution in [0.3, 0.4) is 0 Å². The molecule has 12 nitrogen and oxygen atoms in total. The van der Waals surface area contributed by atoms with Gasteiger partial charge in [0, 0.05) is 82.0 Å². The lowest BCUT2D eigenvalue weighted by atomic mass is 10.0. The first-order valence-electron chi connectivity index (χ1n) is 20.4. The van der Waals surface area contributed by atoms with Crippen molar-refractivity contribution in [3.63, 3.8) is 0 Å². The van der Waals surface area contributed by atoms with Crippen LogP contribution >= 0.6 is 0 Å². The average Bonchev–Trinajstić information content (AvgIpc) is 3.71. The summed E-state index contributed by atoms with van der Waals surface area (Å²) in [4.78, 5) is 46.0. The number of likely N-dealkylation sites (tertiary alicyclic amines) is 1. The monoisotopic (exact) mass is 783 g/mol. The number of carbonyl (C=O) groups is 2. The molecule has 2 saturated heterocycles. The summed E-state index contributed by atoms with van der Waals surface area (Å²) in [5.74, 6) is 1.92. The van der Waals surface area contributed by atoms with Crippen LogP contribution in [0.1, 0.15) is 28.8 Å². The first kappa shape index (κ1) is 39.1. The minimum atomic E-state index is -0.217. The summed E-state index contributed by atoms with van der Waals surface area (Å²) < 4.78 is 18.4. The molecule has 1 aromatic heterocycles. The smallest absolute Gasteiger partial charge is 0.320 e. The van der Waals surface area contributed by atoms with E-state index in [9.17, 15) is 9.59 Å². The van der Waals surface area contributed by atoms with Crippen LogP contribution in [0, 0.1) is 5.92 Å². The lowest BCUT2D eigenvalue weighted by molar-refractivity contribution is -0.146. The normalized spacial score (nSPS) is 17.2. The molecule has 0 bridgehead atoms. The minimum absolute atomic E-state index is 0.110. The van der Waals surface area contributed by atoms with Crippen molar-refractivity contribution < 1.29 is 23.8 Å². The summed E-state index contributed by atoms with van der Waals surface area (Å²) in [5.41, 5.74) is 5.32. The molecule has 58 heavy (non-hydrogen) atoms. The van der Waals surface area contributed by atoms with Gasteiger partial charge in [0.25, 0.3) is 0 Å². The number of benzene rings is 4. The summed E-state index contributed by atoms with van der Waals surface area (Å²) in [7, 11) is 3.59. The Hall–Kier alpha value is -5.72. The van der Waals surface area contributed by atoms with E-state index in [1.54, 1.807) is 19.0 Å². The van der Waals surface area contributed by atoms with Crippen LogP contribution < -0.4 is 19.3 Å². The molecule has 0 N–H and O–H groups in total. The Morgan fingerprint density at radius 2 is 1.47 bits per heavy atom. The summed E-state index contributed by atoms with van der Waals surface area (Å²) in [6, 6.07) is 33.2. The highest BCUT2D eigenvalue weighted by Crippen LogP contribution is 2.37. The fourth-order valence-electron chi connectivity index (χ4n) is 8.07. The van der Waals surface area contributed by atoms with Crippen LogP contribution in [-0.2, 0) is 40.5 Å². The Kier molecular flexibility index (Phi) is 12.3. The number of likely N-dealkylation sites (N-methyl/N-ethyl adjacent to an activating group) is 1. The number of aromatic nitrogens is 2. The molecule has 0 saturated carbocycles. The third-order valence-corrected chi connectivity index (χ3v) is 11.4. The molecular weight excluding hydrogens is 731 g/mol. The molecule has 5 aromatic rings. The Morgan fingerprint density at radius 1 is 0.741 bits per heavy atom. The molecule has 8 rings (SSSR count). The summed E-state index contributed by atoms with van der Waals surface area (Å²) in [6.45, 7) is 7.88. The molecule has 1 atom stereocenters. The summed E-state index contributed by atoms with van der Waals surface area (Å²) >= 11 is 0. The van der Waals surface area contributed by atoms with E-state index in [1.165, 1.54) is 5.39 Å². The van der Waals surface area contributed by atoms with Gasteiger partial charge in [-0.25, -0.2) is 0 Å². The number of ether oxygens (including phenoxy) is 3. The van der Waals surface area contributed by atoms with Crippen molar-refractivity contribution in [3.05, 3.63) is 119 Å². The lowest BCUT2D eigenvalue weighted by Gasteiger charge is -2.38. The molecule has 3 aliphatic rings. The van der Waals surface area contributed by atoms with Gasteiger partial charge in [0.1, 0.15) is 24.8 Å². The van der Waals surface area contributed by atoms with Gasteiger partial charge in [-0.1, -0.05) is 84.9 Å². The topological polar surface area (TPSA) is 104 Å². The van der Waals surface area contributed by atoms with Crippen LogP contribution in [0.2, 0.25) is 0 Å². The third kappa shape index (κ3) is 9.69. The van der Waals surface area contributed by atoms with Crippen molar-refractivity contribution in [1.82, 2.24) is 24.7 Å². The van der Waals surface area contributed by atoms with E-state index < -0.39 is 0 Å². The fraction of sp³-hybridized carbons (Fsp3) is 0.391. The number of esters is 1. The van der Waals surface area contributed by atoms with Crippen LogP contribution in [0.5, 0.6) is 11.8 Å². The number of nitrogens with zero attached hydrogens (tertiary/aromatic N) is 7. The molecule has 2 fully saturated rings. The van der Waals surface area contributed by atoms with Gasteiger partial charge in [-0.05, 0) is 42.0 Å². The summed E-state index contributed by atoms with van der Waals surface area (Å²) in [6.07, 6.45) is 1.73. The highest BCUT2D eigenvalue weighted by Gasteiger charge is 2.30. The lowest BCUT2D eigenvalue weighted by Crippen LogP contribution is -2.49. The number of piperazine rings is 1. The number of rotatable bonds is 14. The highest BCUT2D eigenvalue weighted by molar-refractivity contribution is 5.96. The van der Waals surface area contributed by atoms with Crippen molar-refractivity contribution >= 4 is 34.2 Å². The molecule has 302 valence electrons. The van der Waals surface area contributed by atoms with E-state index in [4.69, 9.17) is 24.2 Å². The second-order valence-electron chi connectivity index (χ2n) is 15.8. The first-order chi connectivity index (χ1) is 28.3. The van der Waals surface area contributed by atoms with Gasteiger partial charge in [0.2, 0.25) is 5.91 Å². The van der Waals surface area contributed by atoms with Gasteiger partial charge >= 0.3 is 12.0 Å². The van der Waals surface area contributed by atoms with Gasteiger partial charge < -0.3 is 28.9 Å². The van der Waals surface area contributed by atoms with Crippen LogP contribution in [0.15, 0.2) is 97.1 Å². The predicted molar refractivity (Wildman–Crippen MR) is 225 cm³/mol. The predicted octanol–water partition coefficient (Wildman–Crippen LogP) is 5.43. The third-order valence-electron chi connectivity index (χ3n) is 11.4. The van der Waals surface area contributed by atoms with E-state index in [1.807, 2.05) is 48.5 Å².